The van der Waals surface area contributed by atoms with E-state index < -0.39 is 18.2 Å². The van der Waals surface area contributed by atoms with Crippen LogP contribution in [0.25, 0.3) is 0 Å². The van der Waals surface area contributed by atoms with Gasteiger partial charge in [-0.15, -0.1) is 5.10 Å². The van der Waals surface area contributed by atoms with Gasteiger partial charge in [-0.2, -0.15) is 0 Å². The second kappa shape index (κ2) is 4.92. The second-order valence-electron chi connectivity index (χ2n) is 2.97. The van der Waals surface area contributed by atoms with E-state index in [0.29, 0.717) is 6.42 Å². The Bertz CT molecular complexity index is 337. The van der Waals surface area contributed by atoms with Crippen molar-refractivity contribution in [1.29, 1.82) is 0 Å². The van der Waals surface area contributed by atoms with Crippen LogP contribution >= 0.6 is 0 Å². The molecule has 0 aliphatic heterocycles. The number of hydrogen-bond acceptors (Lipinski definition) is 4. The number of carbonyl (C=O) groups is 1. The summed E-state index contributed by atoms with van der Waals surface area (Å²) >= 11 is 0. The first kappa shape index (κ1) is 11.7. The van der Waals surface area contributed by atoms with Gasteiger partial charge in [-0.05, 0) is 6.42 Å². The molecule has 84 valence electrons. The van der Waals surface area contributed by atoms with Gasteiger partial charge < -0.3 is 5.11 Å². The number of aromatic nitrogens is 3. The highest BCUT2D eigenvalue weighted by Crippen LogP contribution is 2.24. The summed E-state index contributed by atoms with van der Waals surface area (Å²) in [4.78, 5) is 10.4. The Hall–Kier alpha value is -1.37. The fourth-order valence-corrected chi connectivity index (χ4v) is 1.26. The molecule has 0 aliphatic rings. The van der Waals surface area contributed by atoms with Crippen molar-refractivity contribution in [3.05, 3.63) is 11.4 Å². The Labute approximate surface area is 84.7 Å². The van der Waals surface area contributed by atoms with Crippen molar-refractivity contribution in [3.63, 3.8) is 0 Å². The normalized spacial score (nSPS) is 13.1. The predicted octanol–water partition coefficient (Wildman–Crippen LogP) is 0.972. The molecule has 0 spiro atoms. The van der Waals surface area contributed by atoms with E-state index in [1.807, 2.05) is 0 Å². The molecular formula is C8H11F2N3O2. The van der Waals surface area contributed by atoms with Crippen LogP contribution in [0.1, 0.15) is 42.0 Å². The van der Waals surface area contributed by atoms with Crippen LogP contribution in [0.5, 0.6) is 0 Å². The van der Waals surface area contributed by atoms with E-state index in [-0.39, 0.29) is 18.6 Å². The van der Waals surface area contributed by atoms with Gasteiger partial charge in [-0.25, -0.2) is 13.5 Å². The monoisotopic (exact) mass is 219 g/mol. The molecular weight excluding hydrogens is 208 g/mol. The van der Waals surface area contributed by atoms with Crippen LogP contribution in [0.4, 0.5) is 8.78 Å². The highest BCUT2D eigenvalue weighted by Gasteiger charge is 2.24. The van der Waals surface area contributed by atoms with Crippen molar-refractivity contribution in [2.45, 2.75) is 25.8 Å². The average Bonchev–Trinajstić information content (AvgIpc) is 2.63. The maximum Gasteiger partial charge on any atom is 0.282 e. The van der Waals surface area contributed by atoms with E-state index in [0.717, 1.165) is 4.68 Å². The van der Waals surface area contributed by atoms with Crippen molar-refractivity contribution in [2.75, 3.05) is 6.61 Å². The summed E-state index contributed by atoms with van der Waals surface area (Å²) in [6.07, 6.45) is -2.17. The van der Waals surface area contributed by atoms with Crippen LogP contribution in [0.15, 0.2) is 0 Å². The van der Waals surface area contributed by atoms with E-state index >= 15 is 0 Å². The van der Waals surface area contributed by atoms with Crippen LogP contribution in [0.3, 0.4) is 0 Å². The third-order valence-corrected chi connectivity index (χ3v) is 2.10. The maximum atomic E-state index is 12.6. The predicted molar refractivity (Wildman–Crippen MR) is 46.8 cm³/mol. The zero-order chi connectivity index (χ0) is 11.4. The van der Waals surface area contributed by atoms with Crippen LogP contribution in [0.2, 0.25) is 0 Å². The summed E-state index contributed by atoms with van der Waals surface area (Å²) in [7, 11) is 0. The fourth-order valence-electron chi connectivity index (χ4n) is 1.26. The Balaban J connectivity index is 3.17. The summed E-state index contributed by atoms with van der Waals surface area (Å²) in [5.74, 6) is 0. The number of aliphatic hydroxyl groups is 1. The minimum Gasteiger partial charge on any atom is -0.394 e. The molecule has 0 fully saturated rings. The Kier molecular flexibility index (Phi) is 3.84. The molecule has 0 radical (unpaired) electrons. The first-order valence-electron chi connectivity index (χ1n) is 4.44. The molecule has 1 unspecified atom stereocenters. The largest absolute Gasteiger partial charge is 0.394 e. The van der Waals surface area contributed by atoms with Gasteiger partial charge in [0, 0.05) is 0 Å². The molecule has 0 aromatic carbocycles. The maximum absolute atomic E-state index is 12.6. The van der Waals surface area contributed by atoms with Gasteiger partial charge in [0.1, 0.15) is 5.69 Å². The third-order valence-electron chi connectivity index (χ3n) is 2.10. The van der Waals surface area contributed by atoms with Crippen LogP contribution < -0.4 is 0 Å². The van der Waals surface area contributed by atoms with Crippen LogP contribution in [-0.4, -0.2) is 33.0 Å². The lowest BCUT2D eigenvalue weighted by Gasteiger charge is -2.14. The van der Waals surface area contributed by atoms with E-state index in [4.69, 9.17) is 5.11 Å². The molecule has 7 heteroatoms. The Morgan fingerprint density at radius 1 is 1.60 bits per heavy atom. The topological polar surface area (TPSA) is 68.0 Å². The number of aliphatic hydroxyl groups excluding tert-OH is 1. The lowest BCUT2D eigenvalue weighted by atomic mass is 10.2. The Morgan fingerprint density at radius 3 is 2.67 bits per heavy atom. The summed E-state index contributed by atoms with van der Waals surface area (Å²) in [5, 5.41) is 15.7. The number of hydrogen-bond donors (Lipinski definition) is 1. The third kappa shape index (κ3) is 2.17. The van der Waals surface area contributed by atoms with Crippen molar-refractivity contribution in [3.8, 4) is 0 Å². The van der Waals surface area contributed by atoms with Crippen LogP contribution in [-0.2, 0) is 0 Å². The van der Waals surface area contributed by atoms with Crippen molar-refractivity contribution in [1.82, 2.24) is 15.0 Å². The minimum atomic E-state index is -2.83. The highest BCUT2D eigenvalue weighted by atomic mass is 19.3. The zero-order valence-corrected chi connectivity index (χ0v) is 8.10. The smallest absolute Gasteiger partial charge is 0.282 e. The van der Waals surface area contributed by atoms with Gasteiger partial charge in [-0.3, -0.25) is 4.79 Å². The molecule has 0 aliphatic carbocycles. The molecule has 5 nitrogen and oxygen atoms in total. The van der Waals surface area contributed by atoms with E-state index in [1.165, 1.54) is 0 Å². The quantitative estimate of drug-likeness (QED) is 0.749. The van der Waals surface area contributed by atoms with E-state index in [2.05, 4.69) is 10.3 Å². The summed E-state index contributed by atoms with van der Waals surface area (Å²) in [6.45, 7) is 1.40. The standard InChI is InChI=1S/C8H11F2N3O2/c1-2-5(3-14)13-7(8(9)10)6(4-15)11-12-13/h4-5,8,14H,2-3H2,1H3. The summed E-state index contributed by atoms with van der Waals surface area (Å²) in [6, 6.07) is -0.574. The van der Waals surface area contributed by atoms with Gasteiger partial charge in [0.15, 0.2) is 12.0 Å². The van der Waals surface area contributed by atoms with Crippen molar-refractivity contribution < 1.29 is 18.7 Å². The van der Waals surface area contributed by atoms with E-state index in [1.54, 1.807) is 6.92 Å². The fraction of sp³-hybridized carbons (Fsp3) is 0.625. The number of aldehydes is 1. The molecule has 1 heterocycles. The van der Waals surface area contributed by atoms with Crippen molar-refractivity contribution >= 4 is 6.29 Å². The molecule has 1 aromatic rings. The number of carbonyl (C=O) groups excluding carboxylic acids is 1. The SMILES string of the molecule is CCC(CO)n1nnc(C=O)c1C(F)F. The molecule has 0 saturated heterocycles. The summed E-state index contributed by atoms with van der Waals surface area (Å²) in [5.41, 5.74) is -0.914. The zero-order valence-electron chi connectivity index (χ0n) is 8.10. The second-order valence-corrected chi connectivity index (χ2v) is 2.97. The van der Waals surface area contributed by atoms with Gasteiger partial charge in [0.05, 0.1) is 12.6 Å². The molecule has 1 rings (SSSR count). The number of rotatable bonds is 5. The molecule has 1 aromatic heterocycles. The van der Waals surface area contributed by atoms with Crippen molar-refractivity contribution in [2.24, 2.45) is 0 Å². The van der Waals surface area contributed by atoms with E-state index in [9.17, 15) is 13.6 Å². The lowest BCUT2D eigenvalue weighted by Crippen LogP contribution is -2.17. The van der Waals surface area contributed by atoms with Gasteiger partial charge >= 0.3 is 0 Å². The molecule has 1 N–H and O–H groups in total. The first-order valence-corrected chi connectivity index (χ1v) is 4.44. The minimum absolute atomic E-state index is 0.231. The Morgan fingerprint density at radius 2 is 2.27 bits per heavy atom. The van der Waals surface area contributed by atoms with Crippen LogP contribution in [0, 0.1) is 0 Å². The average molecular weight is 219 g/mol. The first-order chi connectivity index (χ1) is 7.15. The lowest BCUT2D eigenvalue weighted by molar-refractivity contribution is 0.108. The molecule has 0 bridgehead atoms. The molecule has 1 atom stereocenters. The number of nitrogens with zero attached hydrogens (tertiary/aromatic N) is 3. The van der Waals surface area contributed by atoms with Gasteiger partial charge in [-0.1, -0.05) is 12.1 Å². The number of alkyl halides is 2. The molecule has 0 amide bonds. The van der Waals surface area contributed by atoms with Gasteiger partial charge in [0.2, 0.25) is 0 Å². The molecule has 15 heavy (non-hydrogen) atoms. The molecule has 0 saturated carbocycles. The van der Waals surface area contributed by atoms with Gasteiger partial charge in [0.25, 0.3) is 6.43 Å². The number of halogens is 2. The highest BCUT2D eigenvalue weighted by molar-refractivity contribution is 5.73. The summed E-state index contributed by atoms with van der Waals surface area (Å²) < 4.78 is 26.1.